The molecule has 1 heterocycles. The number of nitrogens with one attached hydrogen (secondary N) is 1. The Balaban J connectivity index is 2.80. The van der Waals surface area contributed by atoms with E-state index in [1.807, 2.05) is 0 Å². The maximum absolute atomic E-state index is 12.9. The van der Waals surface area contributed by atoms with Crippen LogP contribution in [0.25, 0.3) is 5.69 Å². The van der Waals surface area contributed by atoms with Gasteiger partial charge in [0.2, 0.25) is 0 Å². The van der Waals surface area contributed by atoms with Gasteiger partial charge in [-0.2, -0.15) is 18.4 Å². The van der Waals surface area contributed by atoms with Crippen molar-refractivity contribution in [2.45, 2.75) is 6.18 Å². The van der Waals surface area contributed by atoms with Gasteiger partial charge in [-0.1, -0.05) is 12.1 Å². The quantitative estimate of drug-likeness (QED) is 0.858. The van der Waals surface area contributed by atoms with Crippen LogP contribution in [0.4, 0.5) is 13.2 Å². The van der Waals surface area contributed by atoms with Gasteiger partial charge < -0.3 is 0 Å². The Kier molecular flexibility index (Phi) is 3.19. The third kappa shape index (κ3) is 2.33. The summed E-state index contributed by atoms with van der Waals surface area (Å²) in [4.78, 5) is 24.6. The van der Waals surface area contributed by atoms with Crippen molar-refractivity contribution in [2.24, 2.45) is 0 Å². The summed E-state index contributed by atoms with van der Waals surface area (Å²) in [5.74, 6) is 0. The molecule has 20 heavy (non-hydrogen) atoms. The lowest BCUT2D eigenvalue weighted by Crippen LogP contribution is -2.31. The second-order valence-corrected chi connectivity index (χ2v) is 3.80. The first kappa shape index (κ1) is 13.6. The molecule has 0 aliphatic carbocycles. The van der Waals surface area contributed by atoms with Crippen molar-refractivity contribution < 1.29 is 13.2 Å². The lowest BCUT2D eigenvalue weighted by atomic mass is 10.1. The Hall–Kier alpha value is -2.82. The number of halogens is 3. The number of nitriles is 1. The summed E-state index contributed by atoms with van der Waals surface area (Å²) in [7, 11) is 0. The average Bonchev–Trinajstić information content (AvgIpc) is 2.38. The molecule has 1 N–H and O–H groups in total. The highest BCUT2D eigenvalue weighted by molar-refractivity contribution is 5.43. The minimum atomic E-state index is -4.67. The van der Waals surface area contributed by atoms with E-state index >= 15 is 0 Å². The van der Waals surface area contributed by atoms with E-state index in [-0.39, 0.29) is 0 Å². The van der Waals surface area contributed by atoms with Gasteiger partial charge in [-0.3, -0.25) is 14.3 Å². The molecule has 2 rings (SSSR count). The molecule has 0 unspecified atom stereocenters. The SMILES string of the molecule is N#Cc1cn(-c2ccccc2C(F)(F)F)c(=O)[nH]c1=O. The van der Waals surface area contributed by atoms with E-state index in [4.69, 9.17) is 5.26 Å². The molecule has 0 saturated carbocycles. The summed E-state index contributed by atoms with van der Waals surface area (Å²) in [6, 6.07) is 5.87. The van der Waals surface area contributed by atoms with Crippen molar-refractivity contribution in [3.8, 4) is 11.8 Å². The van der Waals surface area contributed by atoms with Crippen LogP contribution in [0.2, 0.25) is 0 Å². The first-order valence-electron chi connectivity index (χ1n) is 5.27. The molecular formula is C12H6F3N3O2. The Bertz CT molecular complexity index is 812. The van der Waals surface area contributed by atoms with Crippen molar-refractivity contribution in [3.63, 3.8) is 0 Å². The number of H-pyrrole nitrogens is 1. The minimum absolute atomic E-state index is 0.457. The summed E-state index contributed by atoms with van der Waals surface area (Å²) in [5, 5.41) is 8.70. The van der Waals surface area contributed by atoms with Crippen molar-refractivity contribution >= 4 is 0 Å². The number of para-hydroxylation sites is 1. The van der Waals surface area contributed by atoms with Gasteiger partial charge in [-0.25, -0.2) is 4.79 Å². The van der Waals surface area contributed by atoms with E-state index in [2.05, 4.69) is 0 Å². The second kappa shape index (κ2) is 4.70. The molecule has 0 aliphatic rings. The van der Waals surface area contributed by atoms with Crippen LogP contribution in [0.1, 0.15) is 11.1 Å². The normalized spacial score (nSPS) is 11.1. The Labute approximate surface area is 109 Å². The number of aromatic amines is 1. The molecule has 1 aromatic carbocycles. The van der Waals surface area contributed by atoms with E-state index in [0.29, 0.717) is 4.57 Å². The number of aromatic nitrogens is 2. The van der Waals surface area contributed by atoms with Gasteiger partial charge in [0, 0.05) is 6.20 Å². The van der Waals surface area contributed by atoms with Crippen LogP contribution in [0.3, 0.4) is 0 Å². The summed E-state index contributed by atoms with van der Waals surface area (Å²) in [5.41, 5.74) is -3.96. The predicted octanol–water partition coefficient (Wildman–Crippen LogP) is 1.42. The van der Waals surface area contributed by atoms with Crippen LogP contribution >= 0.6 is 0 Å². The van der Waals surface area contributed by atoms with E-state index in [0.717, 1.165) is 18.3 Å². The highest BCUT2D eigenvalue weighted by atomic mass is 19.4. The van der Waals surface area contributed by atoms with E-state index in [1.54, 1.807) is 4.98 Å². The highest BCUT2D eigenvalue weighted by Crippen LogP contribution is 2.33. The van der Waals surface area contributed by atoms with Crippen molar-refractivity contribution in [1.29, 1.82) is 5.26 Å². The van der Waals surface area contributed by atoms with Crippen molar-refractivity contribution in [2.75, 3.05) is 0 Å². The molecule has 1 aromatic heterocycles. The Morgan fingerprint density at radius 1 is 1.20 bits per heavy atom. The molecule has 0 atom stereocenters. The molecule has 8 heteroatoms. The molecule has 5 nitrogen and oxygen atoms in total. The third-order valence-electron chi connectivity index (χ3n) is 2.53. The molecule has 0 radical (unpaired) electrons. The van der Waals surface area contributed by atoms with Crippen LogP contribution in [0.15, 0.2) is 40.1 Å². The number of hydrogen-bond donors (Lipinski definition) is 1. The zero-order valence-electron chi connectivity index (χ0n) is 9.73. The first-order valence-corrected chi connectivity index (χ1v) is 5.27. The van der Waals surface area contributed by atoms with Gasteiger partial charge in [0.05, 0.1) is 11.3 Å². The molecule has 0 fully saturated rings. The van der Waals surface area contributed by atoms with Crippen LogP contribution < -0.4 is 11.2 Å². The van der Waals surface area contributed by atoms with E-state index < -0.39 is 34.2 Å². The lowest BCUT2D eigenvalue weighted by molar-refractivity contribution is -0.137. The molecular weight excluding hydrogens is 275 g/mol. The van der Waals surface area contributed by atoms with Gasteiger partial charge in [-0.05, 0) is 12.1 Å². The molecule has 0 bridgehead atoms. The molecule has 0 aliphatic heterocycles. The molecule has 0 amide bonds. The molecule has 0 saturated heterocycles. The topological polar surface area (TPSA) is 78.7 Å². The summed E-state index contributed by atoms with van der Waals surface area (Å²) in [6.07, 6.45) is -3.88. The number of hydrogen-bond acceptors (Lipinski definition) is 3. The minimum Gasteiger partial charge on any atom is -0.273 e. The fraction of sp³-hybridized carbons (Fsp3) is 0.0833. The lowest BCUT2D eigenvalue weighted by Gasteiger charge is -2.13. The Morgan fingerprint density at radius 3 is 2.45 bits per heavy atom. The van der Waals surface area contributed by atoms with Crippen molar-refractivity contribution in [1.82, 2.24) is 9.55 Å². The van der Waals surface area contributed by atoms with Crippen LogP contribution in [-0.4, -0.2) is 9.55 Å². The van der Waals surface area contributed by atoms with Crippen molar-refractivity contribution in [3.05, 3.63) is 62.4 Å². The van der Waals surface area contributed by atoms with Gasteiger partial charge >= 0.3 is 11.9 Å². The fourth-order valence-electron chi connectivity index (χ4n) is 1.65. The number of alkyl halides is 3. The third-order valence-corrected chi connectivity index (χ3v) is 2.53. The number of rotatable bonds is 1. The largest absolute Gasteiger partial charge is 0.418 e. The Morgan fingerprint density at radius 2 is 1.85 bits per heavy atom. The molecule has 0 spiro atoms. The zero-order chi connectivity index (χ0) is 14.9. The average molecular weight is 281 g/mol. The van der Waals surface area contributed by atoms with Gasteiger partial charge in [0.1, 0.15) is 11.6 Å². The smallest absolute Gasteiger partial charge is 0.273 e. The number of nitrogens with zero attached hydrogens (tertiary/aromatic N) is 2. The number of benzene rings is 1. The van der Waals surface area contributed by atoms with E-state index in [1.165, 1.54) is 18.2 Å². The molecule has 2 aromatic rings. The monoisotopic (exact) mass is 281 g/mol. The predicted molar refractivity (Wildman–Crippen MR) is 62.4 cm³/mol. The van der Waals surface area contributed by atoms with E-state index in [9.17, 15) is 22.8 Å². The zero-order valence-corrected chi connectivity index (χ0v) is 9.73. The van der Waals surface area contributed by atoms with Gasteiger partial charge in [0.25, 0.3) is 5.56 Å². The summed E-state index contributed by atoms with van der Waals surface area (Å²) in [6.45, 7) is 0. The first-order chi connectivity index (χ1) is 9.34. The summed E-state index contributed by atoms with van der Waals surface area (Å²) >= 11 is 0. The van der Waals surface area contributed by atoms with Gasteiger partial charge in [0.15, 0.2) is 0 Å². The van der Waals surface area contributed by atoms with Gasteiger partial charge in [-0.15, -0.1) is 0 Å². The summed E-state index contributed by atoms with van der Waals surface area (Å²) < 4.78 is 39.2. The maximum Gasteiger partial charge on any atom is 0.418 e. The highest BCUT2D eigenvalue weighted by Gasteiger charge is 2.33. The van der Waals surface area contributed by atoms with Crippen LogP contribution in [0, 0.1) is 11.3 Å². The van der Waals surface area contributed by atoms with Crippen LogP contribution in [0.5, 0.6) is 0 Å². The fourth-order valence-corrected chi connectivity index (χ4v) is 1.65. The standard InChI is InChI=1S/C12H6F3N3O2/c13-12(14,15)8-3-1-2-4-9(8)18-6-7(5-16)10(19)17-11(18)20/h1-4,6H,(H,17,19,20). The maximum atomic E-state index is 12.9. The second-order valence-electron chi connectivity index (χ2n) is 3.80. The van der Waals surface area contributed by atoms with Crippen LogP contribution in [-0.2, 0) is 6.18 Å². The molecule has 102 valence electrons.